The highest BCUT2D eigenvalue weighted by Crippen LogP contribution is 2.26. The Morgan fingerprint density at radius 2 is 2.06 bits per heavy atom. The number of pyridine rings is 2. The first-order chi connectivity index (χ1) is 7.66. The Morgan fingerprint density at radius 3 is 2.88 bits per heavy atom. The predicted molar refractivity (Wildman–Crippen MR) is 63.2 cm³/mol. The highest BCUT2D eigenvalue weighted by atomic mass is 79.9. The van der Waals surface area contributed by atoms with Gasteiger partial charge in [0.05, 0.1) is 16.2 Å². The van der Waals surface area contributed by atoms with Gasteiger partial charge in [0.1, 0.15) is 5.15 Å². The van der Waals surface area contributed by atoms with E-state index in [1.807, 2.05) is 6.07 Å². The quantitative estimate of drug-likeness (QED) is 0.595. The fourth-order valence-corrected chi connectivity index (χ4v) is 2.34. The normalized spacial score (nSPS) is 11.4. The average Bonchev–Trinajstić information content (AvgIpc) is 2.63. The molecule has 0 atom stereocenters. The molecule has 0 aliphatic heterocycles. The van der Waals surface area contributed by atoms with E-state index in [0.29, 0.717) is 20.8 Å². The fourth-order valence-electron chi connectivity index (χ4n) is 1.67. The van der Waals surface area contributed by atoms with Crippen LogP contribution in [-0.4, -0.2) is 14.4 Å². The second-order valence-corrected chi connectivity index (χ2v) is 4.54. The number of hydrogen-bond donors (Lipinski definition) is 0. The molecule has 0 amide bonds. The summed E-state index contributed by atoms with van der Waals surface area (Å²) in [6.07, 6.45) is 2.77. The van der Waals surface area contributed by atoms with Gasteiger partial charge < -0.3 is 0 Å². The number of nitrogens with zero attached hydrogens (tertiary/aromatic N) is 3. The predicted octanol–water partition coefficient (Wildman–Crippen LogP) is 3.44. The first-order valence-electron chi connectivity index (χ1n) is 4.43. The van der Waals surface area contributed by atoms with E-state index in [4.69, 9.17) is 11.6 Å². The Bertz CT molecular complexity index is 710. The van der Waals surface area contributed by atoms with Crippen molar-refractivity contribution < 1.29 is 4.39 Å². The number of hydrogen-bond acceptors (Lipinski definition) is 2. The van der Waals surface area contributed by atoms with Gasteiger partial charge in [0.15, 0.2) is 5.65 Å². The molecule has 0 aliphatic rings. The summed E-state index contributed by atoms with van der Waals surface area (Å²) in [5, 5.41) is 1.12. The molecule has 3 heterocycles. The van der Waals surface area contributed by atoms with Crippen molar-refractivity contribution in [3.63, 3.8) is 0 Å². The standard InChI is InChI=1S/C10H4BrClFN3/c11-6-1-5-3-14-8(12)2-7(5)16-9(13)4-15-10(6)16/h1-4H. The Hall–Kier alpha value is -1.20. The van der Waals surface area contributed by atoms with Gasteiger partial charge in [-0.25, -0.2) is 9.97 Å². The van der Waals surface area contributed by atoms with Crippen LogP contribution in [0.3, 0.4) is 0 Å². The monoisotopic (exact) mass is 299 g/mol. The Labute approximate surface area is 103 Å². The van der Waals surface area contributed by atoms with Crippen molar-refractivity contribution in [1.29, 1.82) is 0 Å². The van der Waals surface area contributed by atoms with E-state index >= 15 is 0 Å². The van der Waals surface area contributed by atoms with Crippen LogP contribution in [0.25, 0.3) is 16.6 Å². The second-order valence-electron chi connectivity index (χ2n) is 3.30. The van der Waals surface area contributed by atoms with Crippen molar-refractivity contribution in [2.45, 2.75) is 0 Å². The fraction of sp³-hybridized carbons (Fsp3) is 0. The van der Waals surface area contributed by atoms with Crippen molar-refractivity contribution in [2.75, 3.05) is 0 Å². The maximum absolute atomic E-state index is 13.6. The molecule has 0 N–H and O–H groups in total. The molecule has 3 rings (SSSR count). The molecule has 0 radical (unpaired) electrons. The highest BCUT2D eigenvalue weighted by Gasteiger charge is 2.10. The molecule has 0 unspecified atom stereocenters. The lowest BCUT2D eigenvalue weighted by molar-refractivity contribution is 0.578. The van der Waals surface area contributed by atoms with Crippen molar-refractivity contribution in [2.24, 2.45) is 0 Å². The van der Waals surface area contributed by atoms with Crippen LogP contribution in [0.4, 0.5) is 4.39 Å². The van der Waals surface area contributed by atoms with E-state index in [9.17, 15) is 4.39 Å². The Morgan fingerprint density at radius 1 is 1.25 bits per heavy atom. The maximum atomic E-state index is 13.6. The zero-order valence-electron chi connectivity index (χ0n) is 7.78. The zero-order valence-corrected chi connectivity index (χ0v) is 10.1. The molecule has 3 aromatic heterocycles. The Kier molecular flexibility index (Phi) is 2.12. The SMILES string of the molecule is Fc1cnc2c(Br)cc3cnc(Cl)cc3n12. The largest absolute Gasteiger partial charge is 0.268 e. The second kappa shape index (κ2) is 3.40. The van der Waals surface area contributed by atoms with Gasteiger partial charge in [-0.3, -0.25) is 4.40 Å². The summed E-state index contributed by atoms with van der Waals surface area (Å²) < 4.78 is 15.7. The van der Waals surface area contributed by atoms with Gasteiger partial charge in [0.25, 0.3) is 0 Å². The van der Waals surface area contributed by atoms with Crippen LogP contribution in [0, 0.1) is 5.95 Å². The van der Waals surface area contributed by atoms with Gasteiger partial charge in [-0.05, 0) is 22.0 Å². The molecule has 0 saturated carbocycles. The maximum Gasteiger partial charge on any atom is 0.218 e. The molecule has 0 fully saturated rings. The van der Waals surface area contributed by atoms with Crippen molar-refractivity contribution in [1.82, 2.24) is 14.4 Å². The van der Waals surface area contributed by atoms with Gasteiger partial charge >= 0.3 is 0 Å². The lowest BCUT2D eigenvalue weighted by atomic mass is 10.3. The minimum Gasteiger partial charge on any atom is -0.268 e. The molecule has 3 nitrogen and oxygen atoms in total. The lowest BCUT2D eigenvalue weighted by Crippen LogP contribution is -1.93. The molecule has 16 heavy (non-hydrogen) atoms. The van der Waals surface area contributed by atoms with Crippen LogP contribution in [0.2, 0.25) is 5.15 Å². The third-order valence-corrected chi connectivity index (χ3v) is 3.12. The molecule has 0 saturated heterocycles. The third-order valence-electron chi connectivity index (χ3n) is 2.33. The molecular formula is C10H4BrClFN3. The number of fused-ring (bicyclic) bond motifs is 3. The summed E-state index contributed by atoms with van der Waals surface area (Å²) in [4.78, 5) is 7.93. The number of aromatic nitrogens is 3. The summed E-state index contributed by atoms with van der Waals surface area (Å²) in [7, 11) is 0. The average molecular weight is 301 g/mol. The highest BCUT2D eigenvalue weighted by molar-refractivity contribution is 9.10. The third kappa shape index (κ3) is 1.32. The van der Waals surface area contributed by atoms with E-state index in [2.05, 4.69) is 25.9 Å². The van der Waals surface area contributed by atoms with E-state index in [0.717, 1.165) is 5.39 Å². The number of imidazole rings is 1. The smallest absolute Gasteiger partial charge is 0.218 e. The van der Waals surface area contributed by atoms with Crippen molar-refractivity contribution >= 4 is 44.1 Å². The number of rotatable bonds is 0. The van der Waals surface area contributed by atoms with Crippen LogP contribution in [0.5, 0.6) is 0 Å². The Balaban J connectivity index is 2.64. The van der Waals surface area contributed by atoms with Crippen LogP contribution in [0.15, 0.2) is 29.0 Å². The summed E-state index contributed by atoms with van der Waals surface area (Å²) in [6.45, 7) is 0. The molecule has 80 valence electrons. The van der Waals surface area contributed by atoms with E-state index in [1.165, 1.54) is 10.6 Å². The summed E-state index contributed by atoms with van der Waals surface area (Å²) >= 11 is 9.14. The molecule has 3 aromatic rings. The van der Waals surface area contributed by atoms with Crippen LogP contribution in [0.1, 0.15) is 0 Å². The molecule has 0 bridgehead atoms. The van der Waals surface area contributed by atoms with Crippen molar-refractivity contribution in [3.05, 3.63) is 40.1 Å². The van der Waals surface area contributed by atoms with E-state index in [-0.39, 0.29) is 0 Å². The summed E-state index contributed by atoms with van der Waals surface area (Å²) in [5.41, 5.74) is 1.17. The van der Waals surface area contributed by atoms with Gasteiger partial charge in [-0.2, -0.15) is 4.39 Å². The van der Waals surface area contributed by atoms with E-state index < -0.39 is 5.95 Å². The molecule has 6 heteroatoms. The van der Waals surface area contributed by atoms with Gasteiger partial charge in [0, 0.05) is 17.6 Å². The minimum absolute atomic E-state index is 0.323. The molecule has 0 aliphatic carbocycles. The molecule has 0 spiro atoms. The van der Waals surface area contributed by atoms with Crippen LogP contribution < -0.4 is 0 Å². The number of halogens is 3. The van der Waals surface area contributed by atoms with E-state index in [1.54, 1.807) is 12.3 Å². The topological polar surface area (TPSA) is 30.2 Å². The minimum atomic E-state index is -0.427. The molecular weight excluding hydrogens is 296 g/mol. The first-order valence-corrected chi connectivity index (χ1v) is 5.60. The zero-order chi connectivity index (χ0) is 11.3. The van der Waals surface area contributed by atoms with Crippen LogP contribution >= 0.6 is 27.5 Å². The molecule has 0 aromatic carbocycles. The first kappa shape index (κ1) is 9.99. The summed E-state index contributed by atoms with van der Waals surface area (Å²) in [6, 6.07) is 3.45. The lowest BCUT2D eigenvalue weighted by Gasteiger charge is -2.04. The van der Waals surface area contributed by atoms with Crippen LogP contribution in [-0.2, 0) is 0 Å². The van der Waals surface area contributed by atoms with Crippen molar-refractivity contribution in [3.8, 4) is 0 Å². The summed E-state index contributed by atoms with van der Waals surface area (Å²) in [5.74, 6) is -0.427. The van der Waals surface area contributed by atoms with Gasteiger partial charge in [0.2, 0.25) is 5.95 Å². The van der Waals surface area contributed by atoms with Gasteiger partial charge in [-0.15, -0.1) is 0 Å². The van der Waals surface area contributed by atoms with Gasteiger partial charge in [-0.1, -0.05) is 11.6 Å².